The van der Waals surface area contributed by atoms with Crippen molar-refractivity contribution in [3.63, 3.8) is 0 Å². The smallest absolute Gasteiger partial charge is 0.244 e. The van der Waals surface area contributed by atoms with Crippen LogP contribution in [0.3, 0.4) is 0 Å². The second-order valence-electron chi connectivity index (χ2n) is 5.39. The maximum Gasteiger partial charge on any atom is 0.244 e. The van der Waals surface area contributed by atoms with E-state index in [4.69, 9.17) is 10.5 Å². The van der Waals surface area contributed by atoms with Gasteiger partial charge in [0.05, 0.1) is 7.11 Å². The molecule has 1 aromatic carbocycles. The normalized spacial score (nSPS) is 17.9. The number of likely N-dealkylation sites (tertiary alicyclic amines) is 1. The molecule has 2 rings (SSSR count). The molecule has 0 saturated carbocycles. The third kappa shape index (κ3) is 3.94. The molecule has 1 fully saturated rings. The van der Waals surface area contributed by atoms with Crippen molar-refractivity contribution in [3.8, 4) is 5.75 Å². The van der Waals surface area contributed by atoms with E-state index in [0.29, 0.717) is 12.3 Å². The van der Waals surface area contributed by atoms with Gasteiger partial charge in [-0.25, -0.2) is 13.1 Å². The maximum atomic E-state index is 12.6. The number of hydrogen-bond donors (Lipinski definition) is 2. The predicted molar refractivity (Wildman–Crippen MR) is 81.7 cm³/mol. The molecule has 1 saturated heterocycles. The fraction of sp³-hybridized carbons (Fsp3) is 0.571. The highest BCUT2D eigenvalue weighted by atomic mass is 32.2. The number of nitrogens with zero attached hydrogens (tertiary/aromatic N) is 1. The lowest BCUT2D eigenvalue weighted by molar-refractivity contribution is 0.248. The number of ether oxygens (including phenoxy) is 1. The number of hydrogen-bond acceptors (Lipinski definition) is 5. The summed E-state index contributed by atoms with van der Waals surface area (Å²) in [6.45, 7) is 2.08. The minimum absolute atomic E-state index is 0.0301. The van der Waals surface area contributed by atoms with Gasteiger partial charge in [0.2, 0.25) is 10.0 Å². The zero-order valence-electron chi connectivity index (χ0n) is 12.5. The summed E-state index contributed by atoms with van der Waals surface area (Å²) in [7, 11) is -0.0973. The monoisotopic (exact) mass is 313 g/mol. The third-order valence-corrected chi connectivity index (χ3v) is 5.34. The summed E-state index contributed by atoms with van der Waals surface area (Å²) in [5, 5.41) is 0. The van der Waals surface area contributed by atoms with Crippen LogP contribution in [0, 0.1) is 0 Å². The van der Waals surface area contributed by atoms with E-state index in [-0.39, 0.29) is 10.9 Å². The van der Waals surface area contributed by atoms with Crippen LogP contribution in [0.1, 0.15) is 18.4 Å². The Morgan fingerprint density at radius 3 is 2.62 bits per heavy atom. The minimum Gasteiger partial charge on any atom is -0.495 e. The molecule has 1 aliphatic rings. The summed E-state index contributed by atoms with van der Waals surface area (Å²) < 4.78 is 33.1. The van der Waals surface area contributed by atoms with Crippen molar-refractivity contribution in [2.75, 3.05) is 27.2 Å². The van der Waals surface area contributed by atoms with Gasteiger partial charge < -0.3 is 15.4 Å². The first kappa shape index (κ1) is 16.2. The molecule has 1 heterocycles. The van der Waals surface area contributed by atoms with Gasteiger partial charge in [0.15, 0.2) is 0 Å². The molecule has 0 bridgehead atoms. The zero-order valence-corrected chi connectivity index (χ0v) is 13.3. The average molecular weight is 313 g/mol. The van der Waals surface area contributed by atoms with Crippen LogP contribution in [0.2, 0.25) is 0 Å². The fourth-order valence-corrected chi connectivity index (χ4v) is 3.99. The van der Waals surface area contributed by atoms with Crippen LogP contribution < -0.4 is 15.2 Å². The van der Waals surface area contributed by atoms with E-state index in [1.54, 1.807) is 18.2 Å². The number of rotatable bonds is 5. The van der Waals surface area contributed by atoms with E-state index < -0.39 is 10.0 Å². The molecular weight excluding hydrogens is 290 g/mol. The molecule has 1 aromatic rings. The Morgan fingerprint density at radius 2 is 2.05 bits per heavy atom. The first-order chi connectivity index (χ1) is 9.96. The lowest BCUT2D eigenvalue weighted by Crippen LogP contribution is -2.43. The van der Waals surface area contributed by atoms with Crippen LogP contribution in [0.5, 0.6) is 5.75 Å². The predicted octanol–water partition coefficient (Wildman–Crippen LogP) is 0.526. The van der Waals surface area contributed by atoms with E-state index in [1.165, 1.54) is 7.11 Å². The van der Waals surface area contributed by atoms with Gasteiger partial charge in [0.1, 0.15) is 10.6 Å². The van der Waals surface area contributed by atoms with Crippen molar-refractivity contribution in [1.29, 1.82) is 0 Å². The summed E-state index contributed by atoms with van der Waals surface area (Å²) in [5.41, 5.74) is 6.35. The average Bonchev–Trinajstić information content (AvgIpc) is 2.48. The van der Waals surface area contributed by atoms with Gasteiger partial charge in [-0.3, -0.25) is 0 Å². The Balaban J connectivity index is 2.22. The van der Waals surface area contributed by atoms with Gasteiger partial charge in [-0.05, 0) is 50.7 Å². The van der Waals surface area contributed by atoms with E-state index in [2.05, 4.69) is 9.62 Å². The molecular formula is C14H23N3O3S. The van der Waals surface area contributed by atoms with Gasteiger partial charge >= 0.3 is 0 Å². The molecule has 0 aromatic heterocycles. The Labute approximate surface area is 126 Å². The lowest BCUT2D eigenvalue weighted by atomic mass is 10.1. The highest BCUT2D eigenvalue weighted by Crippen LogP contribution is 2.25. The second kappa shape index (κ2) is 6.74. The largest absolute Gasteiger partial charge is 0.495 e. The van der Waals surface area contributed by atoms with Crippen LogP contribution in [-0.2, 0) is 16.6 Å². The molecule has 118 valence electrons. The minimum atomic E-state index is -3.60. The Kier molecular flexibility index (Phi) is 5.21. The third-order valence-electron chi connectivity index (χ3n) is 3.79. The molecule has 0 amide bonds. The first-order valence-corrected chi connectivity index (χ1v) is 8.52. The van der Waals surface area contributed by atoms with Crippen LogP contribution in [0.15, 0.2) is 23.1 Å². The maximum absolute atomic E-state index is 12.6. The molecule has 7 heteroatoms. The van der Waals surface area contributed by atoms with Crippen LogP contribution in [-0.4, -0.2) is 46.6 Å². The second-order valence-corrected chi connectivity index (χ2v) is 7.07. The van der Waals surface area contributed by atoms with Gasteiger partial charge in [0.25, 0.3) is 0 Å². The number of piperidine rings is 1. The van der Waals surface area contributed by atoms with E-state index >= 15 is 0 Å². The SMILES string of the molecule is COc1ccc(CN)cc1S(=O)(=O)NC1CCN(C)CC1. The van der Waals surface area contributed by atoms with Crippen molar-refractivity contribution in [2.24, 2.45) is 5.73 Å². The Morgan fingerprint density at radius 1 is 1.38 bits per heavy atom. The molecule has 0 atom stereocenters. The molecule has 0 aliphatic carbocycles. The fourth-order valence-electron chi connectivity index (χ4n) is 2.47. The molecule has 0 spiro atoms. The number of benzene rings is 1. The summed E-state index contributed by atoms with van der Waals surface area (Å²) in [6.07, 6.45) is 1.63. The molecule has 0 unspecified atom stereocenters. The highest BCUT2D eigenvalue weighted by molar-refractivity contribution is 7.89. The van der Waals surface area contributed by atoms with Gasteiger partial charge in [-0.15, -0.1) is 0 Å². The number of methoxy groups -OCH3 is 1. The molecule has 21 heavy (non-hydrogen) atoms. The van der Waals surface area contributed by atoms with Crippen LogP contribution >= 0.6 is 0 Å². The van der Waals surface area contributed by atoms with E-state index in [9.17, 15) is 8.42 Å². The first-order valence-electron chi connectivity index (χ1n) is 7.04. The zero-order chi connectivity index (χ0) is 15.5. The van der Waals surface area contributed by atoms with Gasteiger partial charge in [0, 0.05) is 12.6 Å². The van der Waals surface area contributed by atoms with Crippen molar-refractivity contribution >= 4 is 10.0 Å². The van der Waals surface area contributed by atoms with Crippen LogP contribution in [0.4, 0.5) is 0 Å². The van der Waals surface area contributed by atoms with Gasteiger partial charge in [-0.1, -0.05) is 6.07 Å². The van der Waals surface area contributed by atoms with Crippen molar-refractivity contribution < 1.29 is 13.2 Å². The topological polar surface area (TPSA) is 84.7 Å². The van der Waals surface area contributed by atoms with E-state index in [0.717, 1.165) is 31.5 Å². The summed E-state index contributed by atoms with van der Waals surface area (Å²) in [6, 6.07) is 4.96. The van der Waals surface area contributed by atoms with Crippen LogP contribution in [0.25, 0.3) is 0 Å². The lowest BCUT2D eigenvalue weighted by Gasteiger charge is -2.29. The number of sulfonamides is 1. The molecule has 3 N–H and O–H groups in total. The summed E-state index contributed by atoms with van der Waals surface area (Å²) in [4.78, 5) is 2.35. The summed E-state index contributed by atoms with van der Waals surface area (Å²) in [5.74, 6) is 0.340. The van der Waals surface area contributed by atoms with Crippen molar-refractivity contribution in [2.45, 2.75) is 30.3 Å². The molecule has 1 aliphatic heterocycles. The quantitative estimate of drug-likeness (QED) is 0.828. The summed E-state index contributed by atoms with van der Waals surface area (Å²) >= 11 is 0. The molecule has 0 radical (unpaired) electrons. The van der Waals surface area contributed by atoms with Gasteiger partial charge in [-0.2, -0.15) is 0 Å². The standard InChI is InChI=1S/C14H23N3O3S/c1-17-7-5-12(6-8-17)16-21(18,19)14-9-11(10-15)3-4-13(14)20-2/h3-4,9,12,16H,5-8,10,15H2,1-2H3. The highest BCUT2D eigenvalue weighted by Gasteiger charge is 2.26. The number of nitrogens with one attached hydrogen (secondary N) is 1. The Hall–Kier alpha value is -1.15. The van der Waals surface area contributed by atoms with E-state index in [1.807, 2.05) is 7.05 Å². The molecule has 6 nitrogen and oxygen atoms in total. The van der Waals surface area contributed by atoms with Crippen molar-refractivity contribution in [1.82, 2.24) is 9.62 Å². The number of nitrogens with two attached hydrogens (primary N) is 1. The van der Waals surface area contributed by atoms with Crippen molar-refractivity contribution in [3.05, 3.63) is 23.8 Å². The Bertz CT molecular complexity index is 581.